The topological polar surface area (TPSA) is 66.4 Å². The molecule has 1 aliphatic heterocycles. The molecule has 0 bridgehead atoms. The standard InChI is InChI=1S/C5H7NO3.ClH/c7-4-2-6-1-3(4)5(8)9;/h3,6H,1-2H2,(H,8,9);1H. The fourth-order valence-corrected chi connectivity index (χ4v) is 0.802. The Labute approximate surface area is 64.0 Å². The van der Waals surface area contributed by atoms with Crippen LogP contribution < -0.4 is 5.32 Å². The van der Waals surface area contributed by atoms with E-state index in [1.54, 1.807) is 0 Å². The van der Waals surface area contributed by atoms with E-state index in [0.717, 1.165) is 0 Å². The minimum atomic E-state index is -1.02. The number of rotatable bonds is 1. The Morgan fingerprint density at radius 1 is 1.70 bits per heavy atom. The summed E-state index contributed by atoms with van der Waals surface area (Å²) >= 11 is 0. The Hall–Kier alpha value is -0.610. The highest BCUT2D eigenvalue weighted by Gasteiger charge is 2.30. The van der Waals surface area contributed by atoms with Gasteiger partial charge in [0.1, 0.15) is 5.92 Å². The van der Waals surface area contributed by atoms with Gasteiger partial charge in [0.25, 0.3) is 0 Å². The van der Waals surface area contributed by atoms with Crippen LogP contribution in [0.3, 0.4) is 0 Å². The zero-order valence-corrected chi connectivity index (χ0v) is 5.98. The third kappa shape index (κ3) is 1.68. The quantitative estimate of drug-likeness (QED) is 0.504. The van der Waals surface area contributed by atoms with Gasteiger partial charge in [0.05, 0.1) is 6.54 Å². The van der Waals surface area contributed by atoms with Gasteiger partial charge >= 0.3 is 5.97 Å². The molecule has 0 aliphatic carbocycles. The Balaban J connectivity index is 0.000000810. The van der Waals surface area contributed by atoms with Crippen LogP contribution in [0, 0.1) is 5.92 Å². The number of hydrogen-bond acceptors (Lipinski definition) is 3. The molecule has 58 valence electrons. The largest absolute Gasteiger partial charge is 0.481 e. The van der Waals surface area contributed by atoms with Crippen molar-refractivity contribution in [2.45, 2.75) is 0 Å². The molecule has 1 atom stereocenters. The molecule has 0 aromatic rings. The van der Waals surface area contributed by atoms with Crippen molar-refractivity contribution in [1.82, 2.24) is 5.32 Å². The average Bonchev–Trinajstić information content (AvgIpc) is 2.13. The second-order valence-corrected chi connectivity index (χ2v) is 1.99. The molecule has 0 aromatic heterocycles. The molecule has 0 amide bonds. The molecule has 0 spiro atoms. The number of carboxylic acid groups (broad SMARTS) is 1. The third-order valence-electron chi connectivity index (χ3n) is 1.33. The normalized spacial score (nSPS) is 24.0. The van der Waals surface area contributed by atoms with Gasteiger partial charge in [-0.25, -0.2) is 0 Å². The number of aliphatic carboxylic acids is 1. The van der Waals surface area contributed by atoms with Crippen LogP contribution in [0.2, 0.25) is 0 Å². The second-order valence-electron chi connectivity index (χ2n) is 1.99. The summed E-state index contributed by atoms with van der Waals surface area (Å²) in [5.41, 5.74) is 0. The molecule has 0 radical (unpaired) electrons. The van der Waals surface area contributed by atoms with Crippen molar-refractivity contribution in [3.8, 4) is 0 Å². The molecule has 4 nitrogen and oxygen atoms in total. The van der Waals surface area contributed by atoms with Crippen LogP contribution in [-0.2, 0) is 9.59 Å². The van der Waals surface area contributed by atoms with Gasteiger partial charge in [-0.1, -0.05) is 0 Å². The molecule has 10 heavy (non-hydrogen) atoms. The van der Waals surface area contributed by atoms with Gasteiger partial charge in [-0.3, -0.25) is 9.59 Å². The number of ketones is 1. The molecule has 1 fully saturated rings. The van der Waals surface area contributed by atoms with Crippen LogP contribution in [-0.4, -0.2) is 29.9 Å². The van der Waals surface area contributed by atoms with E-state index in [2.05, 4.69) is 5.32 Å². The first-order chi connectivity index (χ1) is 4.22. The van der Waals surface area contributed by atoms with Crippen molar-refractivity contribution >= 4 is 24.2 Å². The highest BCUT2D eigenvalue weighted by Crippen LogP contribution is 2.01. The molecule has 2 N–H and O–H groups in total. The zero-order valence-electron chi connectivity index (χ0n) is 5.16. The average molecular weight is 166 g/mol. The van der Waals surface area contributed by atoms with Crippen molar-refractivity contribution in [3.63, 3.8) is 0 Å². The molecule has 1 rings (SSSR count). The lowest BCUT2D eigenvalue weighted by atomic mass is 10.1. The molecule has 1 aliphatic rings. The van der Waals surface area contributed by atoms with Gasteiger partial charge in [-0.2, -0.15) is 0 Å². The van der Waals surface area contributed by atoms with Crippen molar-refractivity contribution in [1.29, 1.82) is 0 Å². The van der Waals surface area contributed by atoms with Crippen LogP contribution in [0.15, 0.2) is 0 Å². The van der Waals surface area contributed by atoms with Crippen molar-refractivity contribution in [2.75, 3.05) is 13.1 Å². The van der Waals surface area contributed by atoms with Crippen molar-refractivity contribution in [2.24, 2.45) is 5.92 Å². The summed E-state index contributed by atoms with van der Waals surface area (Å²) in [5, 5.41) is 11.0. The molecule has 0 aromatic carbocycles. The van der Waals surface area contributed by atoms with Gasteiger partial charge in [-0.05, 0) is 0 Å². The van der Waals surface area contributed by atoms with Crippen LogP contribution in [0.25, 0.3) is 0 Å². The van der Waals surface area contributed by atoms with Gasteiger partial charge in [0.15, 0.2) is 5.78 Å². The number of carboxylic acids is 1. The highest BCUT2D eigenvalue weighted by molar-refractivity contribution is 6.01. The molecule has 1 unspecified atom stereocenters. The molecular formula is C5H8ClNO3. The van der Waals surface area contributed by atoms with E-state index in [1.165, 1.54) is 0 Å². The first-order valence-electron chi connectivity index (χ1n) is 2.68. The monoisotopic (exact) mass is 165 g/mol. The maximum absolute atomic E-state index is 10.6. The Bertz CT molecular complexity index is 159. The van der Waals surface area contributed by atoms with Crippen LogP contribution in [0.5, 0.6) is 0 Å². The van der Waals surface area contributed by atoms with E-state index in [9.17, 15) is 9.59 Å². The number of Topliss-reactive ketones (excluding diaryl/α,β-unsaturated/α-hetero) is 1. The fraction of sp³-hybridized carbons (Fsp3) is 0.600. The number of nitrogens with one attached hydrogen (secondary N) is 1. The van der Waals surface area contributed by atoms with Gasteiger partial charge in [-0.15, -0.1) is 12.4 Å². The van der Waals surface area contributed by atoms with Crippen LogP contribution in [0.1, 0.15) is 0 Å². The second kappa shape index (κ2) is 3.53. The SMILES string of the molecule is Cl.O=C(O)C1CNCC1=O. The number of hydrogen-bond donors (Lipinski definition) is 2. The number of carbonyl (C=O) groups is 2. The number of halogens is 1. The lowest BCUT2D eigenvalue weighted by Crippen LogP contribution is -2.21. The van der Waals surface area contributed by atoms with Crippen molar-refractivity contribution < 1.29 is 14.7 Å². The first-order valence-corrected chi connectivity index (χ1v) is 2.68. The summed E-state index contributed by atoms with van der Waals surface area (Å²) in [7, 11) is 0. The first kappa shape index (κ1) is 9.39. The van der Waals surface area contributed by atoms with E-state index in [4.69, 9.17) is 5.11 Å². The van der Waals surface area contributed by atoms with Gasteiger partial charge in [0, 0.05) is 6.54 Å². The minimum absolute atomic E-state index is 0. The summed E-state index contributed by atoms with van der Waals surface area (Å²) in [5.74, 6) is -2.04. The highest BCUT2D eigenvalue weighted by atomic mass is 35.5. The predicted octanol–water partition coefficient (Wildman–Crippen LogP) is -0.719. The predicted molar refractivity (Wildman–Crippen MR) is 36.3 cm³/mol. The maximum Gasteiger partial charge on any atom is 0.315 e. The zero-order chi connectivity index (χ0) is 6.85. The Morgan fingerprint density at radius 3 is 2.50 bits per heavy atom. The summed E-state index contributed by atoms with van der Waals surface area (Å²) in [6, 6.07) is 0. The minimum Gasteiger partial charge on any atom is -0.481 e. The molecule has 1 saturated heterocycles. The van der Waals surface area contributed by atoms with Gasteiger partial charge < -0.3 is 10.4 Å². The molecular weight excluding hydrogens is 158 g/mol. The van der Waals surface area contributed by atoms with Crippen LogP contribution in [0.4, 0.5) is 0 Å². The van der Waals surface area contributed by atoms with Crippen molar-refractivity contribution in [3.05, 3.63) is 0 Å². The molecule has 5 heteroatoms. The summed E-state index contributed by atoms with van der Waals surface area (Å²) in [4.78, 5) is 20.7. The van der Waals surface area contributed by atoms with E-state index in [0.29, 0.717) is 0 Å². The fourth-order valence-electron chi connectivity index (χ4n) is 0.802. The van der Waals surface area contributed by atoms with E-state index < -0.39 is 11.9 Å². The number of carbonyl (C=O) groups excluding carboxylic acids is 1. The van der Waals surface area contributed by atoms with E-state index in [-0.39, 0.29) is 31.3 Å². The van der Waals surface area contributed by atoms with Gasteiger partial charge in [0.2, 0.25) is 0 Å². The summed E-state index contributed by atoms with van der Waals surface area (Å²) < 4.78 is 0. The summed E-state index contributed by atoms with van der Waals surface area (Å²) in [6.45, 7) is 0.491. The molecule has 1 heterocycles. The summed E-state index contributed by atoms with van der Waals surface area (Å²) in [6.07, 6.45) is 0. The Morgan fingerprint density at radius 2 is 2.30 bits per heavy atom. The third-order valence-corrected chi connectivity index (χ3v) is 1.33. The lowest BCUT2D eigenvalue weighted by molar-refractivity contribution is -0.144. The molecule has 0 saturated carbocycles. The lowest BCUT2D eigenvalue weighted by Gasteiger charge is -1.95. The Kier molecular flexibility index (Phi) is 3.32. The van der Waals surface area contributed by atoms with E-state index in [1.807, 2.05) is 0 Å². The maximum atomic E-state index is 10.6. The smallest absolute Gasteiger partial charge is 0.315 e. The van der Waals surface area contributed by atoms with Crippen LogP contribution >= 0.6 is 12.4 Å². The van der Waals surface area contributed by atoms with E-state index >= 15 is 0 Å².